The maximum atomic E-state index is 12.4. The van der Waals surface area contributed by atoms with Crippen LogP contribution in [-0.2, 0) is 16.0 Å². The summed E-state index contributed by atoms with van der Waals surface area (Å²) < 4.78 is 0. The predicted octanol–water partition coefficient (Wildman–Crippen LogP) is 4.35. The number of carbonyl (C=O) groups is 2. The minimum Gasteiger partial charge on any atom is -0.481 e. The molecule has 2 aromatic carbocycles. The molecule has 5 heteroatoms. The fraction of sp³-hybridized carbons (Fsp3) is 0.263. The number of benzene rings is 2. The normalized spacial score (nSPS) is 13.1. The van der Waals surface area contributed by atoms with Gasteiger partial charge in [-0.05, 0) is 48.7 Å². The smallest absolute Gasteiger partial charge is 0.310 e. The van der Waals surface area contributed by atoms with Gasteiger partial charge in [0, 0.05) is 16.6 Å². The number of aliphatic carboxylic acids is 1. The second-order valence-electron chi connectivity index (χ2n) is 5.91. The summed E-state index contributed by atoms with van der Waals surface area (Å²) in [6, 6.07) is 14.4. The Balaban J connectivity index is 2.03. The quantitative estimate of drug-likeness (QED) is 0.818. The highest BCUT2D eigenvalue weighted by Crippen LogP contribution is 2.21. The van der Waals surface area contributed by atoms with Crippen molar-refractivity contribution in [3.63, 3.8) is 0 Å². The number of hydrogen-bond donors (Lipinski definition) is 2. The van der Waals surface area contributed by atoms with E-state index >= 15 is 0 Å². The van der Waals surface area contributed by atoms with E-state index in [-0.39, 0.29) is 11.8 Å². The molecule has 0 saturated carbocycles. The van der Waals surface area contributed by atoms with E-state index in [9.17, 15) is 9.59 Å². The average Bonchev–Trinajstić information content (AvgIpc) is 2.54. The highest BCUT2D eigenvalue weighted by atomic mass is 35.5. The molecule has 2 rings (SSSR count). The predicted molar refractivity (Wildman–Crippen MR) is 95.4 cm³/mol. The van der Waals surface area contributed by atoms with E-state index in [2.05, 4.69) is 5.32 Å². The van der Waals surface area contributed by atoms with E-state index in [4.69, 9.17) is 16.7 Å². The molecule has 0 bridgehead atoms. The molecule has 0 fully saturated rings. The molecule has 2 unspecified atom stereocenters. The van der Waals surface area contributed by atoms with E-state index in [0.717, 1.165) is 5.56 Å². The van der Waals surface area contributed by atoms with Crippen molar-refractivity contribution in [3.05, 3.63) is 64.7 Å². The van der Waals surface area contributed by atoms with Crippen LogP contribution in [0.5, 0.6) is 0 Å². The Labute approximate surface area is 146 Å². The number of rotatable bonds is 6. The van der Waals surface area contributed by atoms with Gasteiger partial charge in [0.05, 0.1) is 5.92 Å². The number of carboxylic acids is 1. The number of nitrogens with one attached hydrogen (secondary N) is 1. The molecule has 0 aliphatic rings. The average molecular weight is 346 g/mol. The molecule has 0 aliphatic heterocycles. The third-order valence-corrected chi connectivity index (χ3v) is 4.14. The largest absolute Gasteiger partial charge is 0.481 e. The summed E-state index contributed by atoms with van der Waals surface area (Å²) in [6.45, 7) is 3.46. The van der Waals surface area contributed by atoms with Crippen LogP contribution in [-0.4, -0.2) is 17.0 Å². The molecular formula is C19H20ClNO3. The van der Waals surface area contributed by atoms with Gasteiger partial charge in [-0.25, -0.2) is 0 Å². The molecule has 0 aliphatic carbocycles. The molecule has 0 saturated heterocycles. The van der Waals surface area contributed by atoms with Crippen LogP contribution in [0.2, 0.25) is 5.02 Å². The van der Waals surface area contributed by atoms with Crippen LogP contribution in [0.25, 0.3) is 0 Å². The first-order valence-electron chi connectivity index (χ1n) is 7.75. The molecule has 4 nitrogen and oxygen atoms in total. The van der Waals surface area contributed by atoms with Crippen LogP contribution in [0.15, 0.2) is 48.5 Å². The first-order chi connectivity index (χ1) is 11.4. The molecule has 0 radical (unpaired) electrons. The Morgan fingerprint density at radius 1 is 1.12 bits per heavy atom. The summed E-state index contributed by atoms with van der Waals surface area (Å²) in [5.41, 5.74) is 2.25. The monoisotopic (exact) mass is 345 g/mol. The van der Waals surface area contributed by atoms with Gasteiger partial charge in [-0.1, -0.05) is 42.8 Å². The van der Waals surface area contributed by atoms with Crippen molar-refractivity contribution in [3.8, 4) is 0 Å². The molecule has 24 heavy (non-hydrogen) atoms. The van der Waals surface area contributed by atoms with E-state index in [0.29, 0.717) is 22.7 Å². The van der Waals surface area contributed by atoms with Crippen LogP contribution in [0, 0.1) is 5.92 Å². The number of carbonyl (C=O) groups excluding carboxylic acids is 1. The first-order valence-corrected chi connectivity index (χ1v) is 8.12. The zero-order chi connectivity index (χ0) is 17.7. The van der Waals surface area contributed by atoms with Gasteiger partial charge in [-0.15, -0.1) is 0 Å². The zero-order valence-electron chi connectivity index (χ0n) is 13.6. The molecule has 1 amide bonds. The maximum Gasteiger partial charge on any atom is 0.310 e. The molecule has 0 heterocycles. The Kier molecular flexibility index (Phi) is 5.99. The van der Waals surface area contributed by atoms with Crippen molar-refractivity contribution in [1.29, 1.82) is 0 Å². The Morgan fingerprint density at radius 2 is 1.83 bits per heavy atom. The van der Waals surface area contributed by atoms with Crippen molar-refractivity contribution in [2.75, 3.05) is 5.32 Å². The van der Waals surface area contributed by atoms with Gasteiger partial charge in [0.15, 0.2) is 0 Å². The van der Waals surface area contributed by atoms with Gasteiger partial charge >= 0.3 is 5.97 Å². The van der Waals surface area contributed by atoms with Gasteiger partial charge in [-0.3, -0.25) is 9.59 Å². The number of anilines is 1. The molecule has 2 aromatic rings. The minimum absolute atomic E-state index is 0.116. The van der Waals surface area contributed by atoms with Crippen LogP contribution >= 0.6 is 11.6 Å². The molecular weight excluding hydrogens is 326 g/mol. The summed E-state index contributed by atoms with van der Waals surface area (Å²) in [7, 11) is 0. The van der Waals surface area contributed by atoms with E-state index in [1.165, 1.54) is 0 Å². The SMILES string of the molecule is CC(Cc1cccc(Cl)c1)C(=O)Nc1cccc(C(C)C(=O)O)c1. The summed E-state index contributed by atoms with van der Waals surface area (Å²) in [4.78, 5) is 23.4. The second-order valence-corrected chi connectivity index (χ2v) is 6.35. The van der Waals surface area contributed by atoms with Gasteiger partial charge < -0.3 is 10.4 Å². The fourth-order valence-corrected chi connectivity index (χ4v) is 2.62. The Morgan fingerprint density at radius 3 is 2.50 bits per heavy atom. The second kappa shape index (κ2) is 7.97. The summed E-state index contributed by atoms with van der Waals surface area (Å²) >= 11 is 5.96. The van der Waals surface area contributed by atoms with Crippen LogP contribution < -0.4 is 5.32 Å². The van der Waals surface area contributed by atoms with Crippen LogP contribution in [0.1, 0.15) is 30.9 Å². The van der Waals surface area contributed by atoms with Gasteiger partial charge in [-0.2, -0.15) is 0 Å². The third-order valence-electron chi connectivity index (χ3n) is 3.90. The molecule has 0 spiro atoms. The fourth-order valence-electron chi connectivity index (χ4n) is 2.40. The van der Waals surface area contributed by atoms with Crippen molar-refractivity contribution >= 4 is 29.2 Å². The van der Waals surface area contributed by atoms with Crippen molar-refractivity contribution in [1.82, 2.24) is 0 Å². The topological polar surface area (TPSA) is 66.4 Å². The van der Waals surface area contributed by atoms with E-state index in [1.54, 1.807) is 37.3 Å². The third kappa shape index (κ3) is 4.83. The van der Waals surface area contributed by atoms with Crippen molar-refractivity contribution in [2.24, 2.45) is 5.92 Å². The number of halogens is 1. The van der Waals surface area contributed by atoms with Gasteiger partial charge in [0.1, 0.15) is 0 Å². The molecule has 2 N–H and O–H groups in total. The number of hydrogen-bond acceptors (Lipinski definition) is 2. The first kappa shape index (κ1) is 18.0. The van der Waals surface area contributed by atoms with Crippen LogP contribution in [0.4, 0.5) is 5.69 Å². The van der Waals surface area contributed by atoms with Crippen molar-refractivity contribution < 1.29 is 14.7 Å². The number of carboxylic acid groups (broad SMARTS) is 1. The van der Waals surface area contributed by atoms with Gasteiger partial charge in [0.25, 0.3) is 0 Å². The maximum absolute atomic E-state index is 12.4. The Bertz CT molecular complexity index is 745. The zero-order valence-corrected chi connectivity index (χ0v) is 14.4. The van der Waals surface area contributed by atoms with E-state index in [1.807, 2.05) is 25.1 Å². The van der Waals surface area contributed by atoms with Crippen molar-refractivity contribution in [2.45, 2.75) is 26.2 Å². The van der Waals surface area contributed by atoms with Gasteiger partial charge in [0.2, 0.25) is 5.91 Å². The Hall–Kier alpha value is -2.33. The minimum atomic E-state index is -0.896. The highest BCUT2D eigenvalue weighted by Gasteiger charge is 2.16. The molecule has 2 atom stereocenters. The van der Waals surface area contributed by atoms with Crippen LogP contribution in [0.3, 0.4) is 0 Å². The lowest BCUT2D eigenvalue weighted by Gasteiger charge is -2.14. The lowest BCUT2D eigenvalue weighted by Crippen LogP contribution is -2.22. The summed E-state index contributed by atoms with van der Waals surface area (Å²) in [5, 5.41) is 12.6. The van der Waals surface area contributed by atoms with E-state index < -0.39 is 11.9 Å². The lowest BCUT2D eigenvalue weighted by molar-refractivity contribution is -0.138. The lowest BCUT2D eigenvalue weighted by atomic mass is 9.99. The molecule has 0 aromatic heterocycles. The summed E-state index contributed by atoms with van der Waals surface area (Å²) in [6.07, 6.45) is 0.581. The summed E-state index contributed by atoms with van der Waals surface area (Å²) in [5.74, 6) is -1.86. The number of amides is 1. The molecule has 126 valence electrons. The highest BCUT2D eigenvalue weighted by molar-refractivity contribution is 6.30. The standard InChI is InChI=1S/C19H20ClNO3/c1-12(9-14-5-3-7-16(20)10-14)18(22)21-17-8-4-6-15(11-17)13(2)19(23)24/h3-8,10-13H,9H2,1-2H3,(H,21,22)(H,23,24).